The summed E-state index contributed by atoms with van der Waals surface area (Å²) in [6.45, 7) is 0. The molecule has 0 aromatic heterocycles. The van der Waals surface area contributed by atoms with Crippen molar-refractivity contribution in [2.45, 2.75) is 4.83 Å². The van der Waals surface area contributed by atoms with Crippen molar-refractivity contribution in [2.24, 2.45) is 0 Å². The molecular weight excluding hydrogens is 363 g/mol. The maximum absolute atomic E-state index is 13.6. The smallest absolute Gasteiger partial charge is 0.165 e. The molecule has 0 aliphatic heterocycles. The van der Waals surface area contributed by atoms with Gasteiger partial charge in [-0.1, -0.05) is 50.1 Å². The van der Waals surface area contributed by atoms with Gasteiger partial charge in [-0.3, -0.25) is 0 Å². The fourth-order valence-corrected chi connectivity index (χ4v) is 2.52. The fraction of sp³-hybridized carbons (Fsp3) is 0.143. The van der Waals surface area contributed by atoms with Crippen molar-refractivity contribution >= 4 is 31.9 Å². The van der Waals surface area contributed by atoms with Crippen LogP contribution in [-0.4, -0.2) is 7.11 Å². The topological polar surface area (TPSA) is 9.23 Å². The van der Waals surface area contributed by atoms with Crippen LogP contribution < -0.4 is 4.74 Å². The molecule has 0 spiro atoms. The Kier molecular flexibility index (Phi) is 4.40. The minimum Gasteiger partial charge on any atom is -0.494 e. The van der Waals surface area contributed by atoms with Crippen molar-refractivity contribution in [1.82, 2.24) is 0 Å². The van der Waals surface area contributed by atoms with Crippen molar-refractivity contribution in [1.29, 1.82) is 0 Å². The first-order valence-electron chi connectivity index (χ1n) is 5.35. The van der Waals surface area contributed by atoms with Crippen LogP contribution in [0.25, 0.3) is 0 Å². The first-order valence-corrected chi connectivity index (χ1v) is 7.05. The third-order valence-electron chi connectivity index (χ3n) is 2.63. The summed E-state index contributed by atoms with van der Waals surface area (Å²) in [5, 5.41) is 0. The third-order valence-corrected chi connectivity index (χ3v) is 4.22. The number of benzene rings is 2. The molecule has 0 saturated carbocycles. The Morgan fingerprint density at radius 1 is 1.06 bits per heavy atom. The lowest BCUT2D eigenvalue weighted by Gasteiger charge is -2.12. The Bertz CT molecular complexity index is 540. The lowest BCUT2D eigenvalue weighted by molar-refractivity contribution is 0.386. The molecule has 0 fully saturated rings. The second kappa shape index (κ2) is 5.85. The van der Waals surface area contributed by atoms with Crippen LogP contribution in [0.15, 0.2) is 46.9 Å². The summed E-state index contributed by atoms with van der Waals surface area (Å²) in [4.78, 5) is -0.0361. The second-order valence-electron chi connectivity index (χ2n) is 3.81. The van der Waals surface area contributed by atoms with Crippen LogP contribution in [0.2, 0.25) is 0 Å². The molecule has 94 valence electrons. The number of halogens is 3. The zero-order chi connectivity index (χ0) is 13.1. The number of hydrogen-bond donors (Lipinski definition) is 0. The minimum atomic E-state index is -0.350. The number of rotatable bonds is 3. The SMILES string of the molecule is COc1ccc(C(Br)c2ccc(Br)cc2)cc1F. The first kappa shape index (κ1) is 13.6. The highest BCUT2D eigenvalue weighted by Crippen LogP contribution is 2.33. The van der Waals surface area contributed by atoms with E-state index >= 15 is 0 Å². The van der Waals surface area contributed by atoms with Crippen LogP contribution in [0.4, 0.5) is 4.39 Å². The Balaban J connectivity index is 2.31. The summed E-state index contributed by atoms with van der Waals surface area (Å²) in [6, 6.07) is 12.9. The van der Waals surface area contributed by atoms with E-state index in [1.54, 1.807) is 6.07 Å². The predicted octanol–water partition coefficient (Wildman–Crippen LogP) is 5.08. The Morgan fingerprint density at radius 3 is 2.22 bits per heavy atom. The van der Waals surface area contributed by atoms with Crippen molar-refractivity contribution in [3.8, 4) is 5.75 Å². The largest absolute Gasteiger partial charge is 0.494 e. The van der Waals surface area contributed by atoms with Gasteiger partial charge >= 0.3 is 0 Å². The van der Waals surface area contributed by atoms with E-state index in [0.29, 0.717) is 0 Å². The van der Waals surface area contributed by atoms with Gasteiger partial charge in [0.1, 0.15) is 0 Å². The summed E-state index contributed by atoms with van der Waals surface area (Å²) in [5.41, 5.74) is 1.93. The molecule has 0 radical (unpaired) electrons. The summed E-state index contributed by atoms with van der Waals surface area (Å²) in [5.74, 6) is -0.0918. The highest BCUT2D eigenvalue weighted by molar-refractivity contribution is 9.10. The van der Waals surface area contributed by atoms with Crippen molar-refractivity contribution in [3.63, 3.8) is 0 Å². The van der Waals surface area contributed by atoms with Crippen molar-refractivity contribution in [2.75, 3.05) is 7.11 Å². The van der Waals surface area contributed by atoms with Gasteiger partial charge in [0.15, 0.2) is 11.6 Å². The molecule has 2 aromatic rings. The van der Waals surface area contributed by atoms with E-state index in [2.05, 4.69) is 31.9 Å². The molecule has 0 aliphatic rings. The van der Waals surface area contributed by atoms with Gasteiger partial charge in [0.2, 0.25) is 0 Å². The maximum Gasteiger partial charge on any atom is 0.165 e. The standard InChI is InChI=1S/C14H11Br2FO/c1-18-13-7-4-10(8-12(13)17)14(16)9-2-5-11(15)6-3-9/h2-8,14H,1H3. The third kappa shape index (κ3) is 2.93. The lowest BCUT2D eigenvalue weighted by Crippen LogP contribution is -1.95. The molecule has 1 unspecified atom stereocenters. The molecule has 1 atom stereocenters. The van der Waals surface area contributed by atoms with Crippen molar-refractivity contribution in [3.05, 3.63) is 63.9 Å². The molecule has 0 heterocycles. The molecule has 0 aliphatic carbocycles. The van der Waals surface area contributed by atoms with Crippen molar-refractivity contribution < 1.29 is 9.13 Å². The van der Waals surface area contributed by atoms with Gasteiger partial charge in [-0.2, -0.15) is 0 Å². The van der Waals surface area contributed by atoms with Crippen LogP contribution in [0, 0.1) is 5.82 Å². The summed E-state index contributed by atoms with van der Waals surface area (Å²) in [7, 11) is 1.46. The van der Waals surface area contributed by atoms with E-state index in [1.165, 1.54) is 13.2 Å². The number of alkyl halides is 1. The quantitative estimate of drug-likeness (QED) is 0.681. The fourth-order valence-electron chi connectivity index (χ4n) is 1.66. The van der Waals surface area contributed by atoms with Gasteiger partial charge in [0.05, 0.1) is 11.9 Å². The second-order valence-corrected chi connectivity index (χ2v) is 5.64. The van der Waals surface area contributed by atoms with Gasteiger partial charge in [-0.15, -0.1) is 0 Å². The number of ether oxygens (including phenoxy) is 1. The summed E-state index contributed by atoms with van der Waals surface area (Å²) < 4.78 is 19.6. The lowest BCUT2D eigenvalue weighted by atomic mass is 10.0. The van der Waals surface area contributed by atoms with Crippen LogP contribution in [0.3, 0.4) is 0 Å². The van der Waals surface area contributed by atoms with E-state index in [1.807, 2.05) is 30.3 Å². The molecule has 18 heavy (non-hydrogen) atoms. The van der Waals surface area contributed by atoms with E-state index in [0.717, 1.165) is 15.6 Å². The number of methoxy groups -OCH3 is 1. The molecule has 0 amide bonds. The van der Waals surface area contributed by atoms with Gasteiger partial charge in [-0.05, 0) is 35.4 Å². The van der Waals surface area contributed by atoms with Crippen LogP contribution >= 0.6 is 31.9 Å². The Labute approximate surface area is 122 Å². The minimum absolute atomic E-state index is 0.0361. The molecule has 2 rings (SSSR count). The number of hydrogen-bond acceptors (Lipinski definition) is 1. The Hall–Kier alpha value is -0.870. The molecule has 0 saturated heterocycles. The van der Waals surface area contributed by atoms with Gasteiger partial charge in [0, 0.05) is 4.47 Å². The van der Waals surface area contributed by atoms with E-state index in [-0.39, 0.29) is 16.4 Å². The monoisotopic (exact) mass is 372 g/mol. The Morgan fingerprint density at radius 2 is 1.67 bits per heavy atom. The van der Waals surface area contributed by atoms with Gasteiger partial charge in [-0.25, -0.2) is 4.39 Å². The van der Waals surface area contributed by atoms with Gasteiger partial charge in [0.25, 0.3) is 0 Å². The molecule has 1 nitrogen and oxygen atoms in total. The van der Waals surface area contributed by atoms with Crippen LogP contribution in [0.1, 0.15) is 16.0 Å². The highest BCUT2D eigenvalue weighted by atomic mass is 79.9. The van der Waals surface area contributed by atoms with E-state index in [9.17, 15) is 4.39 Å². The van der Waals surface area contributed by atoms with Crippen LogP contribution in [0.5, 0.6) is 5.75 Å². The normalized spacial score (nSPS) is 12.2. The maximum atomic E-state index is 13.6. The zero-order valence-electron chi connectivity index (χ0n) is 9.66. The summed E-state index contributed by atoms with van der Waals surface area (Å²) in [6.07, 6.45) is 0. The predicted molar refractivity (Wildman–Crippen MR) is 77.9 cm³/mol. The average Bonchev–Trinajstić information content (AvgIpc) is 2.38. The summed E-state index contributed by atoms with van der Waals surface area (Å²) >= 11 is 6.97. The van der Waals surface area contributed by atoms with E-state index in [4.69, 9.17) is 4.74 Å². The van der Waals surface area contributed by atoms with Gasteiger partial charge < -0.3 is 4.74 Å². The first-order chi connectivity index (χ1) is 8.61. The molecule has 2 aromatic carbocycles. The average molecular weight is 374 g/mol. The van der Waals surface area contributed by atoms with E-state index < -0.39 is 0 Å². The molecule has 4 heteroatoms. The molecular formula is C14H11Br2FO. The van der Waals surface area contributed by atoms with Crippen LogP contribution in [-0.2, 0) is 0 Å². The highest BCUT2D eigenvalue weighted by Gasteiger charge is 2.12. The molecule has 0 bridgehead atoms. The molecule has 0 N–H and O–H groups in total. The zero-order valence-corrected chi connectivity index (χ0v) is 12.8.